The second-order valence-corrected chi connectivity index (χ2v) is 6.24. The van der Waals surface area contributed by atoms with Gasteiger partial charge >= 0.3 is 0 Å². The third-order valence-electron chi connectivity index (χ3n) is 3.60. The Morgan fingerprint density at radius 3 is 3.00 bits per heavy atom. The topological polar surface area (TPSA) is 84.3 Å². The fraction of sp³-hybridized carbons (Fsp3) is 0.500. The average Bonchev–Trinajstić information content (AvgIpc) is 3.19. The van der Waals surface area contributed by atoms with Crippen molar-refractivity contribution >= 4 is 28.2 Å². The molecule has 1 aliphatic heterocycles. The van der Waals surface area contributed by atoms with Gasteiger partial charge in [-0.3, -0.25) is 14.4 Å². The Kier molecular flexibility index (Phi) is 5.21. The highest BCUT2D eigenvalue weighted by molar-refractivity contribution is 7.17. The number of carbonyl (C=O) groups is 1. The van der Waals surface area contributed by atoms with Gasteiger partial charge in [0.05, 0.1) is 25.6 Å². The number of nitrogens with zero attached hydrogens (tertiary/aromatic N) is 4. The quantitative estimate of drug-likeness (QED) is 0.807. The van der Waals surface area contributed by atoms with Crippen LogP contribution in [0.25, 0.3) is 0 Å². The van der Waals surface area contributed by atoms with Crippen LogP contribution in [0.1, 0.15) is 9.67 Å². The van der Waals surface area contributed by atoms with Crippen molar-refractivity contribution < 1.29 is 9.53 Å². The molecule has 1 fully saturated rings. The fourth-order valence-electron chi connectivity index (χ4n) is 2.28. The summed E-state index contributed by atoms with van der Waals surface area (Å²) >= 11 is 1.32. The number of hydrogen-bond donors (Lipinski definition) is 2. The predicted molar refractivity (Wildman–Crippen MR) is 88.2 cm³/mol. The number of aryl methyl sites for hydroxylation is 1. The lowest BCUT2D eigenvalue weighted by molar-refractivity contribution is 0.0383. The number of anilines is 2. The molecule has 2 aromatic heterocycles. The number of hydrogen-bond acceptors (Lipinski definition) is 7. The SMILES string of the molecule is Cn1nccc1Nc1ncc(C(=O)NCCN2CCOCC2)s1. The highest BCUT2D eigenvalue weighted by atomic mass is 32.1. The van der Waals surface area contributed by atoms with Crippen molar-refractivity contribution in [3.8, 4) is 0 Å². The molecule has 8 nitrogen and oxygen atoms in total. The predicted octanol–water partition coefficient (Wildman–Crippen LogP) is 0.682. The van der Waals surface area contributed by atoms with Crippen LogP contribution < -0.4 is 10.6 Å². The number of aromatic nitrogens is 3. The van der Waals surface area contributed by atoms with Crippen LogP contribution in [0.5, 0.6) is 0 Å². The number of amides is 1. The van der Waals surface area contributed by atoms with Crippen LogP contribution >= 0.6 is 11.3 Å². The van der Waals surface area contributed by atoms with Gasteiger partial charge in [-0.2, -0.15) is 5.10 Å². The minimum Gasteiger partial charge on any atom is -0.379 e. The Morgan fingerprint density at radius 2 is 2.26 bits per heavy atom. The highest BCUT2D eigenvalue weighted by Crippen LogP contribution is 2.21. The van der Waals surface area contributed by atoms with Crippen molar-refractivity contribution in [1.29, 1.82) is 0 Å². The van der Waals surface area contributed by atoms with E-state index in [0.29, 0.717) is 16.6 Å². The van der Waals surface area contributed by atoms with Crippen LogP contribution in [0.4, 0.5) is 10.9 Å². The summed E-state index contributed by atoms with van der Waals surface area (Å²) < 4.78 is 7.01. The van der Waals surface area contributed by atoms with Crippen molar-refractivity contribution in [1.82, 2.24) is 25.0 Å². The highest BCUT2D eigenvalue weighted by Gasteiger charge is 2.13. The summed E-state index contributed by atoms with van der Waals surface area (Å²) in [6, 6.07) is 1.85. The Balaban J connectivity index is 1.47. The summed E-state index contributed by atoms with van der Waals surface area (Å²) in [6.07, 6.45) is 3.29. The van der Waals surface area contributed by atoms with Crippen LogP contribution in [0.3, 0.4) is 0 Å². The summed E-state index contributed by atoms with van der Waals surface area (Å²) in [5.41, 5.74) is 0. The largest absolute Gasteiger partial charge is 0.379 e. The maximum atomic E-state index is 12.1. The molecule has 9 heteroatoms. The van der Waals surface area contributed by atoms with Gasteiger partial charge in [0, 0.05) is 39.3 Å². The first kappa shape index (κ1) is 15.9. The molecular weight excluding hydrogens is 316 g/mol. The van der Waals surface area contributed by atoms with Crippen molar-refractivity contribution in [2.24, 2.45) is 7.05 Å². The lowest BCUT2D eigenvalue weighted by Gasteiger charge is -2.26. The summed E-state index contributed by atoms with van der Waals surface area (Å²) in [4.78, 5) is 19.2. The van der Waals surface area contributed by atoms with Gasteiger partial charge in [0.1, 0.15) is 10.7 Å². The number of carbonyl (C=O) groups excluding carboxylic acids is 1. The molecule has 23 heavy (non-hydrogen) atoms. The summed E-state index contributed by atoms with van der Waals surface area (Å²) in [7, 11) is 1.84. The summed E-state index contributed by atoms with van der Waals surface area (Å²) in [5, 5.41) is 10.8. The summed E-state index contributed by atoms with van der Waals surface area (Å²) in [5.74, 6) is 0.743. The first-order chi connectivity index (χ1) is 11.2. The van der Waals surface area contributed by atoms with E-state index in [0.717, 1.165) is 38.7 Å². The van der Waals surface area contributed by atoms with Crippen LogP contribution in [-0.2, 0) is 11.8 Å². The minimum atomic E-state index is -0.0891. The zero-order chi connectivity index (χ0) is 16.1. The van der Waals surface area contributed by atoms with E-state index in [1.165, 1.54) is 11.3 Å². The van der Waals surface area contributed by atoms with E-state index in [1.807, 2.05) is 13.1 Å². The van der Waals surface area contributed by atoms with E-state index in [4.69, 9.17) is 4.74 Å². The third kappa shape index (κ3) is 4.27. The maximum Gasteiger partial charge on any atom is 0.263 e. The molecule has 3 rings (SSSR count). The second-order valence-electron chi connectivity index (χ2n) is 5.20. The summed E-state index contributed by atoms with van der Waals surface area (Å²) in [6.45, 7) is 4.86. The van der Waals surface area contributed by atoms with Crippen molar-refractivity contribution in [2.45, 2.75) is 0 Å². The molecule has 0 aliphatic carbocycles. The van der Waals surface area contributed by atoms with Crippen LogP contribution in [0.15, 0.2) is 18.5 Å². The zero-order valence-electron chi connectivity index (χ0n) is 13.0. The molecule has 0 saturated carbocycles. The minimum absolute atomic E-state index is 0.0891. The molecule has 1 saturated heterocycles. The zero-order valence-corrected chi connectivity index (χ0v) is 13.8. The molecule has 1 aliphatic rings. The molecule has 0 atom stereocenters. The molecule has 124 valence electrons. The molecule has 3 heterocycles. The van der Waals surface area contributed by atoms with Crippen LogP contribution in [0, 0.1) is 0 Å². The number of ether oxygens (including phenoxy) is 1. The number of rotatable bonds is 6. The van der Waals surface area contributed by atoms with E-state index in [-0.39, 0.29) is 5.91 Å². The molecule has 0 radical (unpaired) electrons. The van der Waals surface area contributed by atoms with Gasteiger partial charge in [-0.15, -0.1) is 0 Å². The van der Waals surface area contributed by atoms with Crippen LogP contribution in [0.2, 0.25) is 0 Å². The van der Waals surface area contributed by atoms with Gasteiger partial charge in [-0.25, -0.2) is 4.98 Å². The Morgan fingerprint density at radius 1 is 1.43 bits per heavy atom. The maximum absolute atomic E-state index is 12.1. The molecule has 0 unspecified atom stereocenters. The van der Waals surface area contributed by atoms with Gasteiger partial charge < -0.3 is 15.4 Å². The standard InChI is InChI=1S/C14H20N6O2S/c1-19-12(2-3-17-19)18-14-16-10-11(23-14)13(21)15-4-5-20-6-8-22-9-7-20/h2-3,10H,4-9H2,1H3,(H,15,21)(H,16,18). The van der Waals surface area contributed by atoms with Crippen LogP contribution in [-0.4, -0.2) is 65.0 Å². The number of morpholine rings is 1. The van der Waals surface area contributed by atoms with Crippen molar-refractivity contribution in [3.63, 3.8) is 0 Å². The molecular formula is C14H20N6O2S. The lowest BCUT2D eigenvalue weighted by atomic mass is 10.4. The molecule has 0 aromatic carbocycles. The van der Waals surface area contributed by atoms with E-state index < -0.39 is 0 Å². The fourth-order valence-corrected chi connectivity index (χ4v) is 3.02. The lowest BCUT2D eigenvalue weighted by Crippen LogP contribution is -2.41. The third-order valence-corrected chi connectivity index (χ3v) is 4.51. The average molecular weight is 336 g/mol. The first-order valence-corrected chi connectivity index (χ1v) is 8.33. The molecule has 2 N–H and O–H groups in total. The Hall–Kier alpha value is -1.97. The smallest absolute Gasteiger partial charge is 0.263 e. The monoisotopic (exact) mass is 336 g/mol. The first-order valence-electron chi connectivity index (χ1n) is 7.51. The van der Waals surface area contributed by atoms with Gasteiger partial charge in [-0.05, 0) is 0 Å². The Labute approximate surface area is 138 Å². The normalized spacial score (nSPS) is 15.5. The van der Waals surface area contributed by atoms with E-state index in [2.05, 4.69) is 25.6 Å². The molecule has 0 bridgehead atoms. The Bertz CT molecular complexity index is 649. The van der Waals surface area contributed by atoms with Crippen molar-refractivity contribution in [2.75, 3.05) is 44.7 Å². The van der Waals surface area contributed by atoms with Crippen molar-refractivity contribution in [3.05, 3.63) is 23.3 Å². The van der Waals surface area contributed by atoms with E-state index >= 15 is 0 Å². The van der Waals surface area contributed by atoms with Gasteiger partial charge in [0.25, 0.3) is 5.91 Å². The van der Waals surface area contributed by atoms with E-state index in [1.54, 1.807) is 17.1 Å². The van der Waals surface area contributed by atoms with E-state index in [9.17, 15) is 4.79 Å². The molecule has 1 amide bonds. The second kappa shape index (κ2) is 7.53. The number of nitrogens with one attached hydrogen (secondary N) is 2. The molecule has 2 aromatic rings. The van der Waals surface area contributed by atoms with Gasteiger partial charge in [0.2, 0.25) is 0 Å². The van der Waals surface area contributed by atoms with Gasteiger partial charge in [0.15, 0.2) is 5.13 Å². The molecule has 0 spiro atoms. The number of thiazole rings is 1. The van der Waals surface area contributed by atoms with Gasteiger partial charge in [-0.1, -0.05) is 11.3 Å².